The van der Waals surface area contributed by atoms with Crippen LogP contribution in [0.2, 0.25) is 0 Å². The summed E-state index contributed by atoms with van der Waals surface area (Å²) in [6.45, 7) is -0.0510. The van der Waals surface area contributed by atoms with Crippen LogP contribution in [0.3, 0.4) is 0 Å². The Balaban J connectivity index is 2.04. The van der Waals surface area contributed by atoms with E-state index in [9.17, 15) is 19.7 Å². The highest BCUT2D eigenvalue weighted by atomic mass is 16.6. The van der Waals surface area contributed by atoms with Crippen molar-refractivity contribution in [1.82, 2.24) is 9.47 Å². The standard InChI is InChI=1S/C15H15N3O5/c1-16(2)14(19)13-4-3-9-17(13)15(20)23-10-11-5-7-12(8-6-11)18(21)22/h3-9H,10H2,1-2H3. The molecule has 1 aromatic heterocycles. The number of ether oxygens (including phenoxy) is 1. The lowest BCUT2D eigenvalue weighted by Gasteiger charge is -2.12. The summed E-state index contributed by atoms with van der Waals surface area (Å²) in [6, 6.07) is 8.78. The Morgan fingerprint density at radius 2 is 1.87 bits per heavy atom. The monoisotopic (exact) mass is 317 g/mol. The quantitative estimate of drug-likeness (QED) is 0.637. The molecule has 2 aromatic rings. The number of nitro groups is 1. The molecule has 0 spiro atoms. The lowest BCUT2D eigenvalue weighted by molar-refractivity contribution is -0.384. The van der Waals surface area contributed by atoms with Gasteiger partial charge in [0.2, 0.25) is 0 Å². The number of benzene rings is 1. The molecule has 0 saturated carbocycles. The van der Waals surface area contributed by atoms with Crippen LogP contribution in [0, 0.1) is 10.1 Å². The molecule has 0 N–H and O–H groups in total. The normalized spacial score (nSPS) is 10.2. The number of hydrogen-bond acceptors (Lipinski definition) is 5. The average Bonchev–Trinajstić information content (AvgIpc) is 3.01. The molecule has 1 heterocycles. The molecule has 0 aliphatic heterocycles. The van der Waals surface area contributed by atoms with Crippen molar-refractivity contribution in [2.45, 2.75) is 6.61 Å². The van der Waals surface area contributed by atoms with Gasteiger partial charge in [-0.1, -0.05) is 0 Å². The number of nitrogens with zero attached hydrogens (tertiary/aromatic N) is 3. The molecular formula is C15H15N3O5. The van der Waals surface area contributed by atoms with Gasteiger partial charge in [-0.15, -0.1) is 0 Å². The zero-order valence-corrected chi connectivity index (χ0v) is 12.6. The van der Waals surface area contributed by atoms with Gasteiger partial charge >= 0.3 is 6.09 Å². The Morgan fingerprint density at radius 1 is 1.22 bits per heavy atom. The Kier molecular flexibility index (Phi) is 4.75. The second-order valence-electron chi connectivity index (χ2n) is 4.94. The summed E-state index contributed by atoms with van der Waals surface area (Å²) in [5.41, 5.74) is 0.768. The van der Waals surface area contributed by atoms with Crippen molar-refractivity contribution in [1.29, 1.82) is 0 Å². The van der Waals surface area contributed by atoms with E-state index in [1.54, 1.807) is 20.2 Å². The molecule has 0 aliphatic rings. The number of rotatable bonds is 4. The lowest BCUT2D eigenvalue weighted by Crippen LogP contribution is -2.27. The molecule has 8 nitrogen and oxygen atoms in total. The fraction of sp³-hybridized carbons (Fsp3) is 0.200. The summed E-state index contributed by atoms with van der Waals surface area (Å²) in [7, 11) is 3.17. The molecule has 1 amide bonds. The largest absolute Gasteiger partial charge is 0.444 e. The molecule has 0 bridgehead atoms. The maximum atomic E-state index is 12.1. The van der Waals surface area contributed by atoms with Gasteiger partial charge < -0.3 is 9.64 Å². The van der Waals surface area contributed by atoms with Crippen LogP contribution >= 0.6 is 0 Å². The van der Waals surface area contributed by atoms with E-state index in [0.717, 1.165) is 4.57 Å². The highest BCUT2D eigenvalue weighted by Gasteiger charge is 2.18. The fourth-order valence-corrected chi connectivity index (χ4v) is 1.87. The van der Waals surface area contributed by atoms with E-state index < -0.39 is 11.0 Å². The molecular weight excluding hydrogens is 302 g/mol. The first-order valence-electron chi connectivity index (χ1n) is 6.69. The van der Waals surface area contributed by atoms with Gasteiger partial charge in [-0.3, -0.25) is 14.9 Å². The van der Waals surface area contributed by atoms with Crippen molar-refractivity contribution in [3.8, 4) is 0 Å². The summed E-state index contributed by atoms with van der Waals surface area (Å²) >= 11 is 0. The first-order chi connectivity index (χ1) is 10.9. The zero-order valence-electron chi connectivity index (χ0n) is 12.6. The fourth-order valence-electron chi connectivity index (χ4n) is 1.87. The van der Waals surface area contributed by atoms with Crippen molar-refractivity contribution in [2.75, 3.05) is 14.1 Å². The molecule has 0 unspecified atom stereocenters. The summed E-state index contributed by atoms with van der Waals surface area (Å²) in [5, 5.41) is 10.6. The van der Waals surface area contributed by atoms with Crippen LogP contribution in [0.5, 0.6) is 0 Å². The van der Waals surface area contributed by atoms with E-state index in [1.807, 2.05) is 0 Å². The van der Waals surface area contributed by atoms with Crippen molar-refractivity contribution in [3.63, 3.8) is 0 Å². The van der Waals surface area contributed by atoms with Gasteiger partial charge in [-0.2, -0.15) is 0 Å². The molecule has 1 aromatic carbocycles. The third-order valence-corrected chi connectivity index (χ3v) is 3.08. The van der Waals surface area contributed by atoms with Gasteiger partial charge in [0.25, 0.3) is 11.6 Å². The van der Waals surface area contributed by atoms with Crippen LogP contribution in [0.15, 0.2) is 42.6 Å². The maximum absolute atomic E-state index is 12.1. The lowest BCUT2D eigenvalue weighted by atomic mass is 10.2. The van der Waals surface area contributed by atoms with Gasteiger partial charge in [0.05, 0.1) is 4.92 Å². The average molecular weight is 317 g/mol. The van der Waals surface area contributed by atoms with E-state index in [-0.39, 0.29) is 23.9 Å². The maximum Gasteiger partial charge on any atom is 0.418 e. The minimum absolute atomic E-state index is 0.0376. The highest BCUT2D eigenvalue weighted by molar-refractivity contribution is 5.95. The van der Waals surface area contributed by atoms with E-state index in [2.05, 4.69) is 0 Å². The van der Waals surface area contributed by atoms with Gasteiger partial charge in [0.15, 0.2) is 0 Å². The molecule has 0 fully saturated rings. The van der Waals surface area contributed by atoms with Crippen LogP contribution in [-0.2, 0) is 11.3 Å². The van der Waals surface area contributed by atoms with E-state index in [0.29, 0.717) is 5.56 Å². The van der Waals surface area contributed by atoms with Gasteiger partial charge in [-0.05, 0) is 29.8 Å². The molecule has 23 heavy (non-hydrogen) atoms. The van der Waals surface area contributed by atoms with Crippen molar-refractivity contribution >= 4 is 17.7 Å². The smallest absolute Gasteiger partial charge is 0.418 e. The van der Waals surface area contributed by atoms with Crippen LogP contribution in [0.25, 0.3) is 0 Å². The number of hydrogen-bond donors (Lipinski definition) is 0. The SMILES string of the molecule is CN(C)C(=O)c1cccn1C(=O)OCc1ccc([N+](=O)[O-])cc1. The Hall–Kier alpha value is -3.16. The number of nitro benzene ring substituents is 1. The van der Waals surface area contributed by atoms with Crippen LogP contribution < -0.4 is 0 Å². The number of amides is 1. The summed E-state index contributed by atoms with van der Waals surface area (Å²) in [4.78, 5) is 35.4. The van der Waals surface area contributed by atoms with Gasteiger partial charge in [0.1, 0.15) is 12.3 Å². The van der Waals surface area contributed by atoms with Crippen LogP contribution in [0.1, 0.15) is 16.1 Å². The third-order valence-electron chi connectivity index (χ3n) is 3.08. The van der Waals surface area contributed by atoms with Crippen molar-refractivity contribution < 1.29 is 19.2 Å². The summed E-state index contributed by atoms with van der Waals surface area (Å²) in [5.74, 6) is -0.317. The Morgan fingerprint density at radius 3 is 2.43 bits per heavy atom. The molecule has 120 valence electrons. The van der Waals surface area contributed by atoms with E-state index >= 15 is 0 Å². The van der Waals surface area contributed by atoms with Crippen LogP contribution in [-0.4, -0.2) is 40.5 Å². The molecule has 0 aliphatic carbocycles. The number of aromatic nitrogens is 1. The first-order valence-corrected chi connectivity index (χ1v) is 6.69. The third kappa shape index (κ3) is 3.73. The van der Waals surface area contributed by atoms with Crippen molar-refractivity contribution in [2.24, 2.45) is 0 Å². The van der Waals surface area contributed by atoms with Crippen molar-refractivity contribution in [3.05, 3.63) is 64.0 Å². The second-order valence-corrected chi connectivity index (χ2v) is 4.94. The predicted octanol–water partition coefficient (Wildman–Crippen LogP) is 2.28. The zero-order chi connectivity index (χ0) is 17.0. The Bertz CT molecular complexity index is 734. The van der Waals surface area contributed by atoms with Gasteiger partial charge in [0, 0.05) is 32.4 Å². The predicted molar refractivity (Wildman–Crippen MR) is 81.1 cm³/mol. The number of carbonyl (C=O) groups excluding carboxylic acids is 2. The summed E-state index contributed by atoms with van der Waals surface area (Å²) in [6.07, 6.45) is 0.744. The first kappa shape index (κ1) is 16.2. The number of non-ortho nitro benzene ring substituents is 1. The molecule has 0 radical (unpaired) electrons. The molecule has 2 rings (SSSR count). The minimum atomic E-state index is -0.696. The van der Waals surface area contributed by atoms with Gasteiger partial charge in [-0.25, -0.2) is 9.36 Å². The number of carbonyl (C=O) groups is 2. The van der Waals surface area contributed by atoms with Crippen LogP contribution in [0.4, 0.5) is 10.5 Å². The minimum Gasteiger partial charge on any atom is -0.444 e. The molecule has 0 atom stereocenters. The highest BCUT2D eigenvalue weighted by Crippen LogP contribution is 2.13. The topological polar surface area (TPSA) is 94.7 Å². The van der Waals surface area contributed by atoms with E-state index in [4.69, 9.17) is 4.74 Å². The molecule has 0 saturated heterocycles. The summed E-state index contributed by atoms with van der Waals surface area (Å²) < 4.78 is 6.25. The second kappa shape index (κ2) is 6.73. The Labute approximate surface area is 132 Å². The molecule has 8 heteroatoms. The van der Waals surface area contributed by atoms with E-state index in [1.165, 1.54) is 41.4 Å².